The Labute approximate surface area is 119 Å². The van der Waals surface area contributed by atoms with Crippen molar-refractivity contribution in [1.82, 2.24) is 4.90 Å². The van der Waals surface area contributed by atoms with Gasteiger partial charge in [0, 0.05) is 25.9 Å². The van der Waals surface area contributed by atoms with E-state index in [1.165, 1.54) is 0 Å². The Kier molecular flexibility index (Phi) is 4.71. The number of aliphatic hydroxyl groups is 1. The van der Waals surface area contributed by atoms with Gasteiger partial charge in [0.15, 0.2) is 0 Å². The zero-order chi connectivity index (χ0) is 13.7. The smallest absolute Gasteiger partial charge is 0.149 e. The molecule has 1 aliphatic rings. The lowest BCUT2D eigenvalue weighted by molar-refractivity contribution is 0.0348. The summed E-state index contributed by atoms with van der Waals surface area (Å²) >= 11 is 5.97. The van der Waals surface area contributed by atoms with Crippen molar-refractivity contribution in [3.8, 4) is 17.6 Å². The lowest BCUT2D eigenvalue weighted by Crippen LogP contribution is -2.41. The Morgan fingerprint density at radius 2 is 2.05 bits per heavy atom. The van der Waals surface area contributed by atoms with E-state index in [0.29, 0.717) is 23.6 Å². The summed E-state index contributed by atoms with van der Waals surface area (Å²) in [5, 5.41) is 10.8. The number of halogens is 1. The van der Waals surface area contributed by atoms with Crippen LogP contribution in [-0.2, 0) is 0 Å². The average molecular weight is 280 g/mol. The Balaban J connectivity index is 1.86. The van der Waals surface area contributed by atoms with Gasteiger partial charge in [0.1, 0.15) is 18.0 Å². The summed E-state index contributed by atoms with van der Waals surface area (Å²) < 4.78 is 5.47. The van der Waals surface area contributed by atoms with Gasteiger partial charge in [-0.3, -0.25) is 0 Å². The lowest BCUT2D eigenvalue weighted by Gasteiger charge is -2.32. The summed E-state index contributed by atoms with van der Waals surface area (Å²) in [5.74, 6) is 6.43. The number of hydrogen-bond donors (Lipinski definition) is 1. The Bertz CT molecular complexity index is 484. The molecule has 0 unspecified atom stereocenters. The van der Waals surface area contributed by atoms with E-state index < -0.39 is 5.60 Å². The minimum absolute atomic E-state index is 0.238. The van der Waals surface area contributed by atoms with E-state index in [-0.39, 0.29) is 6.61 Å². The first-order valence-electron chi connectivity index (χ1n) is 6.37. The monoisotopic (exact) mass is 279 g/mol. The maximum Gasteiger partial charge on any atom is 0.149 e. The van der Waals surface area contributed by atoms with Gasteiger partial charge in [0.05, 0.1) is 5.02 Å². The van der Waals surface area contributed by atoms with Crippen LogP contribution in [0.4, 0.5) is 0 Å². The second kappa shape index (κ2) is 6.29. The largest absolute Gasteiger partial charge is 0.479 e. The van der Waals surface area contributed by atoms with Crippen LogP contribution < -0.4 is 4.74 Å². The van der Waals surface area contributed by atoms with Gasteiger partial charge in [0.2, 0.25) is 0 Å². The predicted octanol–water partition coefficient (Wildman–Crippen LogP) is 2.18. The number of ether oxygens (including phenoxy) is 1. The van der Waals surface area contributed by atoms with Gasteiger partial charge in [-0.05, 0) is 19.2 Å². The van der Waals surface area contributed by atoms with Crippen LogP contribution >= 0.6 is 11.6 Å². The zero-order valence-electron chi connectivity index (χ0n) is 11.0. The molecule has 3 nitrogen and oxygen atoms in total. The molecule has 0 radical (unpaired) electrons. The molecule has 1 saturated heterocycles. The first-order valence-corrected chi connectivity index (χ1v) is 6.75. The van der Waals surface area contributed by atoms with Crippen LogP contribution in [0.15, 0.2) is 24.3 Å². The van der Waals surface area contributed by atoms with Crippen molar-refractivity contribution >= 4 is 11.6 Å². The van der Waals surface area contributed by atoms with Gasteiger partial charge in [-0.2, -0.15) is 0 Å². The summed E-state index contributed by atoms with van der Waals surface area (Å²) in [7, 11) is 2.05. The van der Waals surface area contributed by atoms with Crippen LogP contribution in [-0.4, -0.2) is 42.4 Å². The quantitative estimate of drug-likeness (QED) is 0.843. The van der Waals surface area contributed by atoms with E-state index in [1.807, 2.05) is 19.2 Å². The number of benzene rings is 1. The minimum atomic E-state index is -0.865. The van der Waals surface area contributed by atoms with Gasteiger partial charge >= 0.3 is 0 Å². The molecule has 0 bridgehead atoms. The fourth-order valence-electron chi connectivity index (χ4n) is 1.99. The molecule has 1 fully saturated rings. The predicted molar refractivity (Wildman–Crippen MR) is 76.4 cm³/mol. The van der Waals surface area contributed by atoms with Crippen molar-refractivity contribution in [3.05, 3.63) is 29.3 Å². The fraction of sp³-hybridized carbons (Fsp3) is 0.467. The molecule has 0 spiro atoms. The molecule has 0 amide bonds. The zero-order valence-corrected chi connectivity index (χ0v) is 11.8. The highest BCUT2D eigenvalue weighted by atomic mass is 35.5. The van der Waals surface area contributed by atoms with Gasteiger partial charge in [-0.15, -0.1) is 0 Å². The van der Waals surface area contributed by atoms with Crippen LogP contribution in [0.3, 0.4) is 0 Å². The summed E-state index contributed by atoms with van der Waals surface area (Å²) in [6, 6.07) is 7.28. The molecule has 0 aromatic heterocycles. The Morgan fingerprint density at radius 1 is 1.37 bits per heavy atom. The molecule has 0 atom stereocenters. The molecule has 1 heterocycles. The summed E-state index contributed by atoms with van der Waals surface area (Å²) in [4.78, 5) is 2.19. The lowest BCUT2D eigenvalue weighted by atomic mass is 9.92. The van der Waals surface area contributed by atoms with Crippen LogP contribution in [0, 0.1) is 11.8 Å². The second-order valence-electron chi connectivity index (χ2n) is 4.86. The molecule has 0 aliphatic carbocycles. The molecule has 19 heavy (non-hydrogen) atoms. The third-order valence-corrected chi connectivity index (χ3v) is 3.58. The molecule has 1 N–H and O–H groups in total. The molecule has 0 saturated carbocycles. The van der Waals surface area contributed by atoms with Crippen molar-refractivity contribution in [2.75, 3.05) is 26.7 Å². The molecule has 1 aliphatic heterocycles. The SMILES string of the molecule is CN1CCC(O)(C#CCOc2ccccc2Cl)CC1. The minimum Gasteiger partial charge on any atom is -0.479 e. The third kappa shape index (κ3) is 4.14. The third-order valence-electron chi connectivity index (χ3n) is 3.27. The van der Waals surface area contributed by atoms with Crippen LogP contribution in [0.25, 0.3) is 0 Å². The molecule has 4 heteroatoms. The van der Waals surface area contributed by atoms with Gasteiger partial charge in [0.25, 0.3) is 0 Å². The van der Waals surface area contributed by atoms with E-state index in [9.17, 15) is 5.11 Å². The highest BCUT2D eigenvalue weighted by Gasteiger charge is 2.28. The highest BCUT2D eigenvalue weighted by Crippen LogP contribution is 2.23. The van der Waals surface area contributed by atoms with Crippen LogP contribution in [0.2, 0.25) is 5.02 Å². The molecule has 2 rings (SSSR count). The molecular weight excluding hydrogens is 262 g/mol. The first-order chi connectivity index (χ1) is 9.09. The van der Waals surface area contributed by atoms with Crippen molar-refractivity contribution in [1.29, 1.82) is 0 Å². The van der Waals surface area contributed by atoms with Crippen LogP contribution in [0.1, 0.15) is 12.8 Å². The Hall–Kier alpha value is -1.21. The van der Waals surface area contributed by atoms with Gasteiger partial charge in [-0.25, -0.2) is 0 Å². The molecule has 1 aromatic rings. The highest BCUT2D eigenvalue weighted by molar-refractivity contribution is 6.32. The number of hydrogen-bond acceptors (Lipinski definition) is 3. The maximum absolute atomic E-state index is 10.3. The molecule has 1 aromatic carbocycles. The molecule has 102 valence electrons. The number of likely N-dealkylation sites (tertiary alicyclic amines) is 1. The normalized spacial score (nSPS) is 18.5. The summed E-state index contributed by atoms with van der Waals surface area (Å²) in [6.07, 6.45) is 1.37. The summed E-state index contributed by atoms with van der Waals surface area (Å²) in [6.45, 7) is 1.98. The number of nitrogens with zero attached hydrogens (tertiary/aromatic N) is 1. The number of piperidine rings is 1. The number of rotatable bonds is 2. The van der Waals surface area contributed by atoms with Gasteiger partial charge in [-0.1, -0.05) is 35.6 Å². The van der Waals surface area contributed by atoms with Crippen molar-refractivity contribution in [2.45, 2.75) is 18.4 Å². The van der Waals surface area contributed by atoms with Crippen molar-refractivity contribution in [3.63, 3.8) is 0 Å². The molecular formula is C15H18ClNO2. The van der Waals surface area contributed by atoms with E-state index in [0.717, 1.165) is 13.1 Å². The van der Waals surface area contributed by atoms with E-state index in [2.05, 4.69) is 16.7 Å². The first kappa shape index (κ1) is 14.2. The van der Waals surface area contributed by atoms with E-state index >= 15 is 0 Å². The van der Waals surface area contributed by atoms with Gasteiger partial charge < -0.3 is 14.7 Å². The van der Waals surface area contributed by atoms with Crippen molar-refractivity contribution in [2.24, 2.45) is 0 Å². The van der Waals surface area contributed by atoms with E-state index in [4.69, 9.17) is 16.3 Å². The number of para-hydroxylation sites is 1. The topological polar surface area (TPSA) is 32.7 Å². The maximum atomic E-state index is 10.3. The average Bonchev–Trinajstić information content (AvgIpc) is 2.41. The van der Waals surface area contributed by atoms with E-state index in [1.54, 1.807) is 12.1 Å². The second-order valence-corrected chi connectivity index (χ2v) is 5.26. The Morgan fingerprint density at radius 3 is 2.74 bits per heavy atom. The standard InChI is InChI=1S/C15H18ClNO2/c1-17-10-8-15(18,9-11-17)7-4-12-19-14-6-3-2-5-13(14)16/h2-3,5-6,18H,8-12H2,1H3. The van der Waals surface area contributed by atoms with Crippen LogP contribution in [0.5, 0.6) is 5.75 Å². The fourth-order valence-corrected chi connectivity index (χ4v) is 2.18. The summed E-state index contributed by atoms with van der Waals surface area (Å²) in [5.41, 5.74) is -0.865. The van der Waals surface area contributed by atoms with Crippen molar-refractivity contribution < 1.29 is 9.84 Å².